The number of halogens is 3. The number of methoxy groups -OCH3 is 1. The number of ether oxygens (including phenoxy) is 3. The van der Waals surface area contributed by atoms with Gasteiger partial charge in [-0.3, -0.25) is 9.88 Å². The lowest BCUT2D eigenvalue weighted by atomic mass is 9.90. The fourth-order valence-corrected chi connectivity index (χ4v) is 5.44. The van der Waals surface area contributed by atoms with Gasteiger partial charge in [-0.2, -0.15) is 18.2 Å². The van der Waals surface area contributed by atoms with Crippen LogP contribution in [-0.4, -0.2) is 74.9 Å². The van der Waals surface area contributed by atoms with Gasteiger partial charge in [-0.15, -0.1) is 0 Å². The summed E-state index contributed by atoms with van der Waals surface area (Å²) in [5.41, 5.74) is 1.08. The van der Waals surface area contributed by atoms with Gasteiger partial charge in [0, 0.05) is 48.7 Å². The minimum atomic E-state index is -4.66. The molecular weight excluding hydrogens is 631 g/mol. The third-order valence-corrected chi connectivity index (χ3v) is 8.11. The van der Waals surface area contributed by atoms with E-state index >= 15 is 0 Å². The van der Waals surface area contributed by atoms with Crippen molar-refractivity contribution in [2.24, 2.45) is 5.92 Å². The Bertz CT molecular complexity index is 1650. The molecule has 0 spiro atoms. The van der Waals surface area contributed by atoms with Crippen LogP contribution in [-0.2, 0) is 17.5 Å². The minimum Gasteiger partial charge on any atom is -0.477 e. The SMILES string of the molecule is COc1ncc(-c2cnc(N(C(=O)NCc3ccccc3)[C@H]3CC[C@H](Nc4ncc(C(F)(F)F)c(OCC5COC5)n4)CC3)cn2)cn1. The van der Waals surface area contributed by atoms with E-state index in [0.29, 0.717) is 62.5 Å². The van der Waals surface area contributed by atoms with Crippen molar-refractivity contribution in [2.75, 3.05) is 37.1 Å². The molecule has 0 radical (unpaired) electrons. The molecule has 2 N–H and O–H groups in total. The summed E-state index contributed by atoms with van der Waals surface area (Å²) in [4.78, 5) is 40.6. The topological polar surface area (TPSA) is 149 Å². The molecule has 4 aromatic rings. The molecular formula is C32H34F3N9O4. The summed E-state index contributed by atoms with van der Waals surface area (Å²) in [5, 5.41) is 6.16. The zero-order valence-corrected chi connectivity index (χ0v) is 26.1. The number of alkyl halides is 3. The van der Waals surface area contributed by atoms with Crippen molar-refractivity contribution in [3.63, 3.8) is 0 Å². The first kappa shape index (κ1) is 32.8. The van der Waals surface area contributed by atoms with E-state index in [2.05, 4.69) is 40.5 Å². The number of rotatable bonds is 11. The molecule has 2 aliphatic rings. The van der Waals surface area contributed by atoms with Crippen molar-refractivity contribution in [2.45, 2.75) is 50.5 Å². The first-order valence-electron chi connectivity index (χ1n) is 15.5. The highest BCUT2D eigenvalue weighted by Crippen LogP contribution is 2.36. The Balaban J connectivity index is 1.14. The molecule has 0 atom stereocenters. The molecule has 1 aliphatic carbocycles. The molecule has 2 fully saturated rings. The van der Waals surface area contributed by atoms with Gasteiger partial charge in [0.05, 0.1) is 45.0 Å². The summed E-state index contributed by atoms with van der Waals surface area (Å²) in [6.45, 7) is 1.28. The Morgan fingerprint density at radius 2 is 1.71 bits per heavy atom. The first-order valence-corrected chi connectivity index (χ1v) is 15.5. The maximum absolute atomic E-state index is 13.7. The van der Waals surface area contributed by atoms with Crippen LogP contribution in [0.2, 0.25) is 0 Å². The molecule has 1 aliphatic heterocycles. The van der Waals surface area contributed by atoms with Crippen LogP contribution in [0.5, 0.6) is 11.9 Å². The van der Waals surface area contributed by atoms with E-state index in [1.54, 1.807) is 29.7 Å². The van der Waals surface area contributed by atoms with Gasteiger partial charge < -0.3 is 24.8 Å². The van der Waals surface area contributed by atoms with Gasteiger partial charge in [0.1, 0.15) is 5.56 Å². The molecule has 1 saturated carbocycles. The Kier molecular flexibility index (Phi) is 10.1. The van der Waals surface area contributed by atoms with Gasteiger partial charge in [-0.05, 0) is 31.2 Å². The number of benzene rings is 1. The number of urea groups is 1. The van der Waals surface area contributed by atoms with Crippen LogP contribution in [0.4, 0.5) is 29.7 Å². The predicted molar refractivity (Wildman–Crippen MR) is 167 cm³/mol. The molecule has 0 unspecified atom stereocenters. The molecule has 48 heavy (non-hydrogen) atoms. The van der Waals surface area contributed by atoms with Crippen LogP contribution in [0.15, 0.2) is 61.3 Å². The Morgan fingerprint density at radius 3 is 2.33 bits per heavy atom. The molecule has 4 heterocycles. The molecule has 1 saturated heterocycles. The van der Waals surface area contributed by atoms with Crippen LogP contribution in [0.25, 0.3) is 11.3 Å². The number of hydrogen-bond donors (Lipinski definition) is 2. The average Bonchev–Trinajstić information content (AvgIpc) is 3.08. The normalized spacial score (nSPS) is 18.0. The van der Waals surface area contributed by atoms with Gasteiger partial charge in [-0.25, -0.2) is 24.7 Å². The van der Waals surface area contributed by atoms with E-state index in [1.165, 1.54) is 7.11 Å². The molecule has 3 aromatic heterocycles. The summed E-state index contributed by atoms with van der Waals surface area (Å²) < 4.78 is 56.4. The monoisotopic (exact) mass is 665 g/mol. The molecule has 0 bridgehead atoms. The van der Waals surface area contributed by atoms with Gasteiger partial charge in [0.2, 0.25) is 11.8 Å². The van der Waals surface area contributed by atoms with Crippen molar-refractivity contribution >= 4 is 17.8 Å². The van der Waals surface area contributed by atoms with E-state index in [-0.39, 0.29) is 42.6 Å². The maximum atomic E-state index is 13.7. The number of anilines is 2. The third kappa shape index (κ3) is 8.05. The zero-order valence-electron chi connectivity index (χ0n) is 26.1. The molecule has 6 rings (SSSR count). The van der Waals surface area contributed by atoms with Gasteiger partial charge in [-0.1, -0.05) is 30.3 Å². The smallest absolute Gasteiger partial charge is 0.423 e. The lowest BCUT2D eigenvalue weighted by molar-refractivity contribution is -0.140. The summed E-state index contributed by atoms with van der Waals surface area (Å²) in [6, 6.07) is 9.11. The van der Waals surface area contributed by atoms with Crippen molar-refractivity contribution in [1.29, 1.82) is 0 Å². The van der Waals surface area contributed by atoms with Crippen LogP contribution in [0.1, 0.15) is 36.8 Å². The van der Waals surface area contributed by atoms with Crippen molar-refractivity contribution in [1.82, 2.24) is 35.2 Å². The maximum Gasteiger partial charge on any atom is 0.423 e. The van der Waals surface area contributed by atoms with Crippen molar-refractivity contribution < 1.29 is 32.2 Å². The molecule has 252 valence electrons. The predicted octanol–water partition coefficient (Wildman–Crippen LogP) is 4.92. The number of aromatic nitrogens is 6. The van der Waals surface area contributed by atoms with E-state index in [9.17, 15) is 18.0 Å². The average molecular weight is 666 g/mol. The van der Waals surface area contributed by atoms with E-state index in [1.807, 2.05) is 30.3 Å². The Morgan fingerprint density at radius 1 is 0.958 bits per heavy atom. The third-order valence-electron chi connectivity index (χ3n) is 8.11. The van der Waals surface area contributed by atoms with Crippen molar-refractivity contribution in [3.05, 3.63) is 72.4 Å². The molecule has 16 heteroatoms. The fourth-order valence-electron chi connectivity index (χ4n) is 5.44. The molecule has 1 aromatic carbocycles. The Hall–Kier alpha value is -5.12. The number of nitrogens with zero attached hydrogens (tertiary/aromatic N) is 7. The van der Waals surface area contributed by atoms with Crippen LogP contribution in [0, 0.1) is 5.92 Å². The molecule has 13 nitrogen and oxygen atoms in total. The summed E-state index contributed by atoms with van der Waals surface area (Å²) in [5.74, 6) is -0.0596. The summed E-state index contributed by atoms with van der Waals surface area (Å²) in [7, 11) is 1.48. The second-order valence-electron chi connectivity index (χ2n) is 11.5. The first-order chi connectivity index (χ1) is 23.3. The fraction of sp³-hybridized carbons (Fsp3) is 0.406. The summed E-state index contributed by atoms with van der Waals surface area (Å²) >= 11 is 0. The largest absolute Gasteiger partial charge is 0.477 e. The minimum absolute atomic E-state index is 0.0259. The quantitative estimate of drug-likeness (QED) is 0.225. The number of amides is 2. The van der Waals surface area contributed by atoms with Crippen LogP contribution >= 0.6 is 0 Å². The number of hydrogen-bond acceptors (Lipinski definition) is 11. The highest BCUT2D eigenvalue weighted by Gasteiger charge is 2.37. The number of nitrogens with one attached hydrogen (secondary N) is 2. The number of carbonyl (C=O) groups excluding carboxylic acids is 1. The lowest BCUT2D eigenvalue weighted by Crippen LogP contribution is -2.49. The van der Waals surface area contributed by atoms with Crippen molar-refractivity contribution in [3.8, 4) is 23.1 Å². The lowest BCUT2D eigenvalue weighted by Gasteiger charge is -2.36. The Labute approximate surface area is 274 Å². The summed E-state index contributed by atoms with van der Waals surface area (Å²) in [6.07, 6.45) is 4.70. The zero-order chi connectivity index (χ0) is 33.5. The van der Waals surface area contributed by atoms with E-state index < -0.39 is 17.6 Å². The number of carbonyl (C=O) groups is 1. The van der Waals surface area contributed by atoms with Crippen LogP contribution < -0.4 is 25.0 Å². The van der Waals surface area contributed by atoms with E-state index in [0.717, 1.165) is 11.8 Å². The van der Waals surface area contributed by atoms with Gasteiger partial charge in [0.25, 0.3) is 0 Å². The van der Waals surface area contributed by atoms with Gasteiger partial charge >= 0.3 is 18.2 Å². The van der Waals surface area contributed by atoms with E-state index in [4.69, 9.17) is 14.2 Å². The standard InChI is InChI=1S/C32H34F3N9O4/c1-46-30-39-12-22(13-40-30)26-15-37-27(16-36-26)44(31(45)41-11-20-5-3-2-4-6-20)24-9-7-23(8-10-24)42-29-38-14-25(32(33,34)35)28(43-29)48-19-21-17-47-18-21/h2-6,12-16,21,23-24H,7-11,17-19H2,1H3,(H,41,45)(H,38,42,43)/t23-,24-. The second-order valence-corrected chi connectivity index (χ2v) is 11.5. The highest BCUT2D eigenvalue weighted by atomic mass is 19.4. The second kappa shape index (κ2) is 14.8. The van der Waals surface area contributed by atoms with Gasteiger partial charge in [0.15, 0.2) is 5.82 Å². The van der Waals surface area contributed by atoms with Crippen LogP contribution in [0.3, 0.4) is 0 Å². The molecule has 2 amide bonds. The highest BCUT2D eigenvalue weighted by molar-refractivity contribution is 5.91.